The zero-order chi connectivity index (χ0) is 19.1. The SMILES string of the molecule is CCc1cc(C(=O)NCc2cccc(OCCCCC3CCC3)c2)n(C)n1. The summed E-state index contributed by atoms with van der Waals surface area (Å²) in [5, 5.41) is 7.29. The molecule has 1 heterocycles. The maximum atomic E-state index is 12.4. The topological polar surface area (TPSA) is 56.1 Å². The number of carbonyl (C=O) groups excluding carboxylic acids is 1. The second kappa shape index (κ2) is 9.58. The maximum absolute atomic E-state index is 12.4. The monoisotopic (exact) mass is 369 g/mol. The minimum atomic E-state index is -0.105. The lowest BCUT2D eigenvalue weighted by atomic mass is 9.82. The number of unbranched alkanes of at least 4 members (excludes halogenated alkanes) is 1. The molecular weight excluding hydrogens is 338 g/mol. The zero-order valence-electron chi connectivity index (χ0n) is 16.5. The summed E-state index contributed by atoms with van der Waals surface area (Å²) in [7, 11) is 1.80. The highest BCUT2D eigenvalue weighted by Crippen LogP contribution is 2.30. The first-order valence-corrected chi connectivity index (χ1v) is 10.2. The first-order valence-electron chi connectivity index (χ1n) is 10.2. The van der Waals surface area contributed by atoms with Gasteiger partial charge in [0.1, 0.15) is 11.4 Å². The standard InChI is InChI=1S/C22H31N3O2/c1-3-19-15-21(25(2)24-19)22(26)23-16-18-11-7-12-20(14-18)27-13-5-4-8-17-9-6-10-17/h7,11-12,14-15,17H,3-6,8-10,13,16H2,1-2H3,(H,23,26). The fourth-order valence-corrected chi connectivity index (χ4v) is 3.44. The van der Waals surface area contributed by atoms with E-state index < -0.39 is 0 Å². The Labute approximate surface area is 162 Å². The van der Waals surface area contributed by atoms with Crippen molar-refractivity contribution in [1.29, 1.82) is 0 Å². The molecule has 1 saturated carbocycles. The van der Waals surface area contributed by atoms with E-state index >= 15 is 0 Å². The van der Waals surface area contributed by atoms with Gasteiger partial charge in [-0.25, -0.2) is 0 Å². The Hall–Kier alpha value is -2.30. The number of aryl methyl sites for hydroxylation is 2. The molecule has 0 saturated heterocycles. The van der Waals surface area contributed by atoms with Crippen LogP contribution in [0.1, 0.15) is 67.2 Å². The van der Waals surface area contributed by atoms with Crippen LogP contribution >= 0.6 is 0 Å². The highest BCUT2D eigenvalue weighted by molar-refractivity contribution is 5.92. The van der Waals surface area contributed by atoms with Crippen LogP contribution in [-0.4, -0.2) is 22.3 Å². The van der Waals surface area contributed by atoms with Crippen LogP contribution in [0.25, 0.3) is 0 Å². The number of aromatic nitrogens is 2. The quantitative estimate of drug-likeness (QED) is 0.637. The fourth-order valence-electron chi connectivity index (χ4n) is 3.44. The van der Waals surface area contributed by atoms with E-state index in [0.717, 1.165) is 42.4 Å². The van der Waals surface area contributed by atoms with Crippen molar-refractivity contribution in [3.63, 3.8) is 0 Å². The van der Waals surface area contributed by atoms with Crippen LogP contribution in [0, 0.1) is 5.92 Å². The summed E-state index contributed by atoms with van der Waals surface area (Å²) in [6.07, 6.45) is 8.80. The molecule has 1 amide bonds. The number of carbonyl (C=O) groups is 1. The largest absolute Gasteiger partial charge is 0.494 e. The molecule has 1 fully saturated rings. The number of ether oxygens (including phenoxy) is 1. The predicted octanol–water partition coefficient (Wildman–Crippen LogP) is 4.26. The predicted molar refractivity (Wildman–Crippen MR) is 107 cm³/mol. The Bertz CT molecular complexity index is 750. The summed E-state index contributed by atoms with van der Waals surface area (Å²) in [6.45, 7) is 3.27. The number of amides is 1. The Morgan fingerprint density at radius 2 is 2.15 bits per heavy atom. The lowest BCUT2D eigenvalue weighted by Crippen LogP contribution is -2.25. The molecule has 0 unspecified atom stereocenters. The van der Waals surface area contributed by atoms with Crippen LogP contribution in [0.4, 0.5) is 0 Å². The molecule has 0 aliphatic heterocycles. The van der Waals surface area contributed by atoms with Crippen molar-refractivity contribution in [2.45, 2.75) is 58.4 Å². The van der Waals surface area contributed by atoms with E-state index in [1.54, 1.807) is 11.7 Å². The second-order valence-corrected chi connectivity index (χ2v) is 7.47. The molecule has 5 nitrogen and oxygen atoms in total. The Morgan fingerprint density at radius 3 is 2.85 bits per heavy atom. The van der Waals surface area contributed by atoms with Gasteiger partial charge < -0.3 is 10.1 Å². The zero-order valence-corrected chi connectivity index (χ0v) is 16.5. The van der Waals surface area contributed by atoms with Crippen molar-refractivity contribution in [3.05, 3.63) is 47.3 Å². The Kier molecular flexibility index (Phi) is 6.91. The molecule has 5 heteroatoms. The summed E-state index contributed by atoms with van der Waals surface area (Å²) >= 11 is 0. The van der Waals surface area contributed by atoms with Crippen molar-refractivity contribution in [2.24, 2.45) is 13.0 Å². The van der Waals surface area contributed by atoms with Gasteiger partial charge in [0.25, 0.3) is 5.91 Å². The van der Waals surface area contributed by atoms with Gasteiger partial charge >= 0.3 is 0 Å². The maximum Gasteiger partial charge on any atom is 0.269 e. The second-order valence-electron chi connectivity index (χ2n) is 7.47. The van der Waals surface area contributed by atoms with E-state index in [-0.39, 0.29) is 5.91 Å². The molecule has 1 N–H and O–H groups in total. The van der Waals surface area contributed by atoms with E-state index in [9.17, 15) is 4.79 Å². The molecular formula is C22H31N3O2. The van der Waals surface area contributed by atoms with Crippen molar-refractivity contribution in [2.75, 3.05) is 6.61 Å². The number of hydrogen-bond acceptors (Lipinski definition) is 3. The minimum Gasteiger partial charge on any atom is -0.494 e. The highest BCUT2D eigenvalue weighted by atomic mass is 16.5. The van der Waals surface area contributed by atoms with Gasteiger partial charge in [0, 0.05) is 13.6 Å². The average Bonchev–Trinajstić information content (AvgIpc) is 3.02. The molecule has 3 rings (SSSR count). The van der Waals surface area contributed by atoms with E-state index in [0.29, 0.717) is 12.2 Å². The lowest BCUT2D eigenvalue weighted by Gasteiger charge is -2.24. The van der Waals surface area contributed by atoms with Gasteiger partial charge in [-0.2, -0.15) is 5.10 Å². The molecule has 0 radical (unpaired) electrons. The molecule has 146 valence electrons. The van der Waals surface area contributed by atoms with Gasteiger partial charge in [0.2, 0.25) is 0 Å². The molecule has 1 aliphatic carbocycles. The third kappa shape index (κ3) is 5.59. The number of rotatable bonds is 10. The number of benzene rings is 1. The molecule has 1 aromatic carbocycles. The first-order chi connectivity index (χ1) is 13.2. The Morgan fingerprint density at radius 1 is 1.30 bits per heavy atom. The fraction of sp³-hybridized carbons (Fsp3) is 0.545. The normalized spacial score (nSPS) is 14.0. The third-order valence-electron chi connectivity index (χ3n) is 5.38. The van der Waals surface area contributed by atoms with Crippen molar-refractivity contribution in [3.8, 4) is 5.75 Å². The average molecular weight is 370 g/mol. The van der Waals surface area contributed by atoms with Crippen molar-refractivity contribution >= 4 is 5.91 Å². The van der Waals surface area contributed by atoms with Gasteiger partial charge in [-0.3, -0.25) is 9.48 Å². The molecule has 1 aromatic heterocycles. The molecule has 0 spiro atoms. The number of nitrogens with zero attached hydrogens (tertiary/aromatic N) is 2. The number of hydrogen-bond donors (Lipinski definition) is 1. The highest BCUT2D eigenvalue weighted by Gasteiger charge is 2.16. The van der Waals surface area contributed by atoms with Crippen LogP contribution in [-0.2, 0) is 20.0 Å². The van der Waals surface area contributed by atoms with Crippen LogP contribution < -0.4 is 10.1 Å². The molecule has 1 aliphatic rings. The van der Waals surface area contributed by atoms with Gasteiger partial charge in [-0.15, -0.1) is 0 Å². The van der Waals surface area contributed by atoms with E-state index in [1.807, 2.05) is 37.3 Å². The summed E-state index contributed by atoms with van der Waals surface area (Å²) in [4.78, 5) is 12.4. The van der Waals surface area contributed by atoms with Crippen LogP contribution in [0.15, 0.2) is 30.3 Å². The van der Waals surface area contributed by atoms with E-state index in [2.05, 4.69) is 10.4 Å². The van der Waals surface area contributed by atoms with Crippen LogP contribution in [0.2, 0.25) is 0 Å². The summed E-state index contributed by atoms with van der Waals surface area (Å²) in [5.74, 6) is 1.75. The van der Waals surface area contributed by atoms with Crippen LogP contribution in [0.5, 0.6) is 5.75 Å². The summed E-state index contributed by atoms with van der Waals surface area (Å²) in [6, 6.07) is 9.81. The van der Waals surface area contributed by atoms with E-state index in [1.165, 1.54) is 32.1 Å². The smallest absolute Gasteiger partial charge is 0.269 e. The summed E-state index contributed by atoms with van der Waals surface area (Å²) < 4.78 is 7.52. The molecule has 2 aromatic rings. The van der Waals surface area contributed by atoms with Crippen molar-refractivity contribution in [1.82, 2.24) is 15.1 Å². The molecule has 27 heavy (non-hydrogen) atoms. The molecule has 0 bridgehead atoms. The lowest BCUT2D eigenvalue weighted by molar-refractivity contribution is 0.0941. The number of nitrogens with one attached hydrogen (secondary N) is 1. The minimum absolute atomic E-state index is 0.105. The molecule has 0 atom stereocenters. The van der Waals surface area contributed by atoms with Crippen molar-refractivity contribution < 1.29 is 9.53 Å². The van der Waals surface area contributed by atoms with Gasteiger partial charge in [-0.05, 0) is 48.9 Å². The Balaban J connectivity index is 1.42. The summed E-state index contributed by atoms with van der Waals surface area (Å²) in [5.41, 5.74) is 2.55. The van der Waals surface area contributed by atoms with E-state index in [4.69, 9.17) is 4.74 Å². The van der Waals surface area contributed by atoms with Gasteiger partial charge in [0.05, 0.1) is 12.3 Å². The van der Waals surface area contributed by atoms with Crippen LogP contribution in [0.3, 0.4) is 0 Å². The first kappa shape index (κ1) is 19.5. The third-order valence-corrected chi connectivity index (χ3v) is 5.38. The van der Waals surface area contributed by atoms with Gasteiger partial charge in [0.15, 0.2) is 0 Å². The van der Waals surface area contributed by atoms with Gasteiger partial charge in [-0.1, -0.05) is 44.7 Å².